The van der Waals surface area contributed by atoms with Gasteiger partial charge in [0.05, 0.1) is 54.5 Å². The fourth-order valence-electron chi connectivity index (χ4n) is 5.71. The lowest BCUT2D eigenvalue weighted by Crippen LogP contribution is -2.45. The molecule has 39 heavy (non-hydrogen) atoms. The van der Waals surface area contributed by atoms with Crippen molar-refractivity contribution in [2.75, 3.05) is 67.6 Å². The van der Waals surface area contributed by atoms with Gasteiger partial charge in [-0.25, -0.2) is 0 Å². The van der Waals surface area contributed by atoms with Crippen LogP contribution in [0.15, 0.2) is 0 Å². The fourth-order valence-corrected chi connectivity index (χ4v) is 5.71. The first-order chi connectivity index (χ1) is 18.8. The van der Waals surface area contributed by atoms with Crippen molar-refractivity contribution in [1.82, 2.24) is 0 Å². The van der Waals surface area contributed by atoms with E-state index in [0.717, 1.165) is 35.3 Å². The first kappa shape index (κ1) is 38.9. The second-order valence-electron chi connectivity index (χ2n) is 14.2. The zero-order chi connectivity index (χ0) is 28.9. The maximum absolute atomic E-state index is 6.10. The lowest BCUT2D eigenvalue weighted by atomic mass is 10.1. The lowest BCUT2D eigenvalue weighted by Gasteiger charge is -2.31. The van der Waals surface area contributed by atoms with Gasteiger partial charge in [-0.2, -0.15) is 0 Å². The molecule has 0 aliphatic carbocycles. The van der Waals surface area contributed by atoms with Crippen molar-refractivity contribution in [3.63, 3.8) is 0 Å². The summed E-state index contributed by atoms with van der Waals surface area (Å²) >= 11 is 0. The van der Waals surface area contributed by atoms with Gasteiger partial charge in [-0.3, -0.25) is 0 Å². The molecule has 236 valence electrons. The van der Waals surface area contributed by atoms with Crippen LogP contribution >= 0.6 is 0 Å². The molecule has 0 saturated heterocycles. The minimum absolute atomic E-state index is 0.907. The standard InChI is InChI=1S/C36H78N2O/c1-7-9-11-13-15-17-19-21-23-25-27-29-31-37(3,4)33-35-39-36-34-38(5,6)32-30-28-26-24-22-20-18-16-14-12-10-8-2/h7-36H2,1-6H3/q+2. The maximum Gasteiger partial charge on any atom is 0.102 e. The highest BCUT2D eigenvalue weighted by Crippen LogP contribution is 2.14. The van der Waals surface area contributed by atoms with E-state index in [0.29, 0.717) is 0 Å². The summed E-state index contributed by atoms with van der Waals surface area (Å²) in [5.74, 6) is 0. The van der Waals surface area contributed by atoms with Crippen LogP contribution in [0.1, 0.15) is 168 Å². The molecule has 0 N–H and O–H groups in total. The highest BCUT2D eigenvalue weighted by molar-refractivity contribution is 4.50. The van der Waals surface area contributed by atoms with Gasteiger partial charge in [0.1, 0.15) is 13.1 Å². The van der Waals surface area contributed by atoms with Crippen LogP contribution in [-0.4, -0.2) is 76.5 Å². The second kappa shape index (κ2) is 28.0. The quantitative estimate of drug-likeness (QED) is 0.0593. The van der Waals surface area contributed by atoms with E-state index in [9.17, 15) is 0 Å². The summed E-state index contributed by atoms with van der Waals surface area (Å²) in [7, 11) is 9.54. The van der Waals surface area contributed by atoms with Crippen LogP contribution in [-0.2, 0) is 4.74 Å². The fraction of sp³-hybridized carbons (Fsp3) is 1.00. The van der Waals surface area contributed by atoms with E-state index in [1.54, 1.807) is 0 Å². The normalized spacial score (nSPS) is 12.5. The van der Waals surface area contributed by atoms with E-state index in [-0.39, 0.29) is 0 Å². The zero-order valence-corrected chi connectivity index (χ0v) is 28.5. The van der Waals surface area contributed by atoms with Crippen molar-refractivity contribution >= 4 is 0 Å². The number of likely N-dealkylation sites (N-methyl/N-ethyl adjacent to an activating group) is 2. The third kappa shape index (κ3) is 30.7. The Morgan fingerprint density at radius 1 is 0.308 bits per heavy atom. The molecule has 0 fully saturated rings. The Morgan fingerprint density at radius 2 is 0.538 bits per heavy atom. The predicted molar refractivity (Wildman–Crippen MR) is 177 cm³/mol. The molecule has 0 aromatic heterocycles. The van der Waals surface area contributed by atoms with E-state index in [1.165, 1.54) is 167 Å². The summed E-state index contributed by atoms with van der Waals surface area (Å²) in [6.07, 6.45) is 34.4. The van der Waals surface area contributed by atoms with E-state index < -0.39 is 0 Å². The molecule has 0 atom stereocenters. The van der Waals surface area contributed by atoms with Gasteiger partial charge in [-0.05, 0) is 25.7 Å². The molecule has 0 spiro atoms. The summed E-state index contributed by atoms with van der Waals surface area (Å²) in [6, 6.07) is 0. The molecule has 0 heterocycles. The van der Waals surface area contributed by atoms with Crippen molar-refractivity contribution < 1.29 is 13.7 Å². The van der Waals surface area contributed by atoms with Crippen molar-refractivity contribution in [3.05, 3.63) is 0 Å². The van der Waals surface area contributed by atoms with Gasteiger partial charge < -0.3 is 13.7 Å². The number of hydrogen-bond acceptors (Lipinski definition) is 1. The molecule has 0 aromatic rings. The SMILES string of the molecule is CCCCCCCCCCCCCC[N+](C)(C)CCOCC[N+](C)(C)CCCCCCCCCCCCCC. The Hall–Kier alpha value is -0.120. The largest absolute Gasteiger partial charge is 0.370 e. The Bertz CT molecular complexity index is 435. The van der Waals surface area contributed by atoms with E-state index in [4.69, 9.17) is 4.74 Å². The number of ether oxygens (including phenoxy) is 1. The average Bonchev–Trinajstić information content (AvgIpc) is 2.89. The van der Waals surface area contributed by atoms with Crippen molar-refractivity contribution in [2.24, 2.45) is 0 Å². The van der Waals surface area contributed by atoms with Crippen LogP contribution < -0.4 is 0 Å². The molecule has 0 unspecified atom stereocenters. The Balaban J connectivity index is 3.52. The molecular weight excluding hydrogens is 476 g/mol. The smallest absolute Gasteiger partial charge is 0.102 e. The average molecular weight is 555 g/mol. The van der Waals surface area contributed by atoms with Crippen LogP contribution in [0.5, 0.6) is 0 Å². The van der Waals surface area contributed by atoms with Crippen molar-refractivity contribution in [3.8, 4) is 0 Å². The van der Waals surface area contributed by atoms with Gasteiger partial charge in [0.15, 0.2) is 0 Å². The summed E-state index contributed by atoms with van der Waals surface area (Å²) in [5, 5.41) is 0. The minimum Gasteiger partial charge on any atom is -0.370 e. The summed E-state index contributed by atoms with van der Waals surface area (Å²) in [5.41, 5.74) is 0. The topological polar surface area (TPSA) is 9.23 Å². The van der Waals surface area contributed by atoms with Gasteiger partial charge in [0.25, 0.3) is 0 Å². The van der Waals surface area contributed by atoms with Crippen LogP contribution in [0, 0.1) is 0 Å². The number of hydrogen-bond donors (Lipinski definition) is 0. The third-order valence-corrected chi connectivity index (χ3v) is 8.92. The van der Waals surface area contributed by atoms with Crippen LogP contribution in [0.3, 0.4) is 0 Å². The Kier molecular flexibility index (Phi) is 27.9. The Labute approximate surface area is 249 Å². The van der Waals surface area contributed by atoms with Crippen LogP contribution in [0.4, 0.5) is 0 Å². The summed E-state index contributed by atoms with van der Waals surface area (Å²) < 4.78 is 8.31. The summed E-state index contributed by atoms with van der Waals surface area (Å²) in [4.78, 5) is 0. The first-order valence-corrected chi connectivity index (χ1v) is 18.0. The van der Waals surface area contributed by atoms with Crippen molar-refractivity contribution in [2.45, 2.75) is 168 Å². The molecule has 0 amide bonds. The molecule has 0 bridgehead atoms. The molecule has 3 nitrogen and oxygen atoms in total. The number of quaternary nitrogens is 2. The number of unbranched alkanes of at least 4 members (excludes halogenated alkanes) is 22. The molecular formula is C36H78N2O+2. The molecule has 0 saturated carbocycles. The van der Waals surface area contributed by atoms with Crippen molar-refractivity contribution in [1.29, 1.82) is 0 Å². The van der Waals surface area contributed by atoms with E-state index >= 15 is 0 Å². The summed E-state index contributed by atoms with van der Waals surface area (Å²) in [6.45, 7) is 11.3. The molecule has 0 aliphatic heterocycles. The third-order valence-electron chi connectivity index (χ3n) is 8.92. The molecule has 0 radical (unpaired) electrons. The number of rotatable bonds is 32. The molecule has 0 rings (SSSR count). The second-order valence-corrected chi connectivity index (χ2v) is 14.2. The molecule has 3 heteroatoms. The minimum atomic E-state index is 0.907. The highest BCUT2D eigenvalue weighted by Gasteiger charge is 2.16. The first-order valence-electron chi connectivity index (χ1n) is 18.0. The highest BCUT2D eigenvalue weighted by atomic mass is 16.5. The van der Waals surface area contributed by atoms with Gasteiger partial charge >= 0.3 is 0 Å². The van der Waals surface area contributed by atoms with Gasteiger partial charge in [-0.15, -0.1) is 0 Å². The predicted octanol–water partition coefficient (Wildman–Crippen LogP) is 10.6. The maximum atomic E-state index is 6.10. The van der Waals surface area contributed by atoms with Crippen LogP contribution in [0.2, 0.25) is 0 Å². The number of nitrogens with zero attached hydrogens (tertiary/aromatic N) is 2. The monoisotopic (exact) mass is 555 g/mol. The van der Waals surface area contributed by atoms with Crippen LogP contribution in [0.25, 0.3) is 0 Å². The van der Waals surface area contributed by atoms with Gasteiger partial charge in [0.2, 0.25) is 0 Å². The molecule has 0 aromatic carbocycles. The molecule has 0 aliphatic rings. The van der Waals surface area contributed by atoms with E-state index in [1.807, 2.05) is 0 Å². The lowest BCUT2D eigenvalue weighted by molar-refractivity contribution is -0.894. The van der Waals surface area contributed by atoms with Gasteiger partial charge in [0, 0.05) is 0 Å². The zero-order valence-electron chi connectivity index (χ0n) is 28.5. The van der Waals surface area contributed by atoms with Gasteiger partial charge in [-0.1, -0.05) is 142 Å². The van der Waals surface area contributed by atoms with E-state index in [2.05, 4.69) is 42.0 Å². The Morgan fingerprint density at radius 3 is 0.795 bits per heavy atom.